The van der Waals surface area contributed by atoms with Gasteiger partial charge in [0.15, 0.2) is 0 Å². The van der Waals surface area contributed by atoms with Crippen LogP contribution < -0.4 is 4.74 Å². The normalized spacial score (nSPS) is 8.86. The van der Waals surface area contributed by atoms with Gasteiger partial charge in [-0.3, -0.25) is 0 Å². The van der Waals surface area contributed by atoms with E-state index in [-0.39, 0.29) is 5.82 Å². The maximum absolute atomic E-state index is 12.4. The zero-order chi connectivity index (χ0) is 10.8. The lowest BCUT2D eigenvalue weighted by Crippen LogP contribution is -1.95. The number of halogens is 1. The molecule has 14 heavy (non-hydrogen) atoms. The molecule has 0 spiro atoms. The molecule has 3 heteroatoms. The number of ether oxygens (including phenoxy) is 1. The Labute approximate surface area is 84.3 Å². The van der Waals surface area contributed by atoms with E-state index in [4.69, 9.17) is 9.84 Å². The Bertz CT molecular complexity index is 221. The molecular weight excluding hydrogens is 183 g/mol. The van der Waals surface area contributed by atoms with E-state index in [0.717, 1.165) is 25.7 Å². The van der Waals surface area contributed by atoms with Crippen LogP contribution in [0, 0.1) is 5.82 Å². The molecule has 0 fully saturated rings. The molecule has 1 aromatic rings. The number of unbranched alkanes of at least 4 members (excludes halogenated alkanes) is 1. The molecule has 1 aromatic carbocycles. The minimum atomic E-state index is -0.224. The standard InChI is InChI=1S/C10H13FO.CH4O/c1-2-3-8-12-10-6-4-9(11)5-7-10;1-2/h4-7H,2-3,8H2,1H3;2H,1H3. The Kier molecular flexibility index (Phi) is 7.84. The maximum Gasteiger partial charge on any atom is 0.123 e. The summed E-state index contributed by atoms with van der Waals surface area (Å²) in [6, 6.07) is 6.10. The number of aliphatic hydroxyl groups is 1. The van der Waals surface area contributed by atoms with Gasteiger partial charge in [0.1, 0.15) is 11.6 Å². The highest BCUT2D eigenvalue weighted by Crippen LogP contribution is 2.11. The van der Waals surface area contributed by atoms with Gasteiger partial charge in [-0.2, -0.15) is 0 Å². The third-order valence-electron chi connectivity index (χ3n) is 1.58. The Balaban J connectivity index is 0.000000791. The zero-order valence-electron chi connectivity index (χ0n) is 8.66. The molecule has 0 heterocycles. The third-order valence-corrected chi connectivity index (χ3v) is 1.58. The van der Waals surface area contributed by atoms with Gasteiger partial charge in [0.2, 0.25) is 0 Å². The maximum atomic E-state index is 12.4. The fourth-order valence-electron chi connectivity index (χ4n) is 0.865. The predicted molar refractivity (Wildman–Crippen MR) is 54.9 cm³/mol. The minimum absolute atomic E-state index is 0.224. The van der Waals surface area contributed by atoms with E-state index in [9.17, 15) is 4.39 Å². The molecule has 0 aromatic heterocycles. The monoisotopic (exact) mass is 200 g/mol. The van der Waals surface area contributed by atoms with Crippen LogP contribution in [0.5, 0.6) is 5.75 Å². The number of benzene rings is 1. The lowest BCUT2D eigenvalue weighted by atomic mass is 10.3. The predicted octanol–water partition coefficient (Wildman–Crippen LogP) is 2.61. The van der Waals surface area contributed by atoms with Crippen LogP contribution in [-0.2, 0) is 0 Å². The van der Waals surface area contributed by atoms with Gasteiger partial charge in [-0.25, -0.2) is 4.39 Å². The summed E-state index contributed by atoms with van der Waals surface area (Å²) in [4.78, 5) is 0. The van der Waals surface area contributed by atoms with Crippen molar-refractivity contribution in [1.29, 1.82) is 0 Å². The first kappa shape index (κ1) is 12.9. The van der Waals surface area contributed by atoms with Crippen LogP contribution >= 0.6 is 0 Å². The van der Waals surface area contributed by atoms with E-state index in [2.05, 4.69) is 6.92 Å². The molecule has 0 saturated carbocycles. The van der Waals surface area contributed by atoms with Crippen molar-refractivity contribution < 1.29 is 14.2 Å². The Morgan fingerprint density at radius 1 is 1.21 bits per heavy atom. The van der Waals surface area contributed by atoms with Crippen LogP contribution in [0.3, 0.4) is 0 Å². The van der Waals surface area contributed by atoms with E-state index in [1.807, 2.05) is 0 Å². The van der Waals surface area contributed by atoms with Crippen LogP contribution in [0.1, 0.15) is 19.8 Å². The zero-order valence-corrected chi connectivity index (χ0v) is 8.66. The van der Waals surface area contributed by atoms with Gasteiger partial charge >= 0.3 is 0 Å². The van der Waals surface area contributed by atoms with Crippen LogP contribution in [0.15, 0.2) is 24.3 Å². The fourth-order valence-corrected chi connectivity index (χ4v) is 0.865. The van der Waals surface area contributed by atoms with Crippen molar-refractivity contribution in [3.63, 3.8) is 0 Å². The lowest BCUT2D eigenvalue weighted by molar-refractivity contribution is 0.309. The molecular formula is C11H17FO2. The van der Waals surface area contributed by atoms with E-state index < -0.39 is 0 Å². The first-order chi connectivity index (χ1) is 6.83. The van der Waals surface area contributed by atoms with E-state index in [0.29, 0.717) is 6.61 Å². The molecule has 0 saturated heterocycles. The highest BCUT2D eigenvalue weighted by atomic mass is 19.1. The summed E-state index contributed by atoms with van der Waals surface area (Å²) >= 11 is 0. The number of hydrogen-bond acceptors (Lipinski definition) is 2. The van der Waals surface area contributed by atoms with Crippen LogP contribution in [0.2, 0.25) is 0 Å². The molecule has 0 atom stereocenters. The second-order valence-corrected chi connectivity index (χ2v) is 2.66. The molecule has 0 bridgehead atoms. The summed E-state index contributed by atoms with van der Waals surface area (Å²) in [6.07, 6.45) is 2.15. The summed E-state index contributed by atoms with van der Waals surface area (Å²) < 4.78 is 17.8. The molecule has 0 aliphatic carbocycles. The van der Waals surface area contributed by atoms with E-state index >= 15 is 0 Å². The van der Waals surface area contributed by atoms with Crippen molar-refractivity contribution in [3.05, 3.63) is 30.1 Å². The van der Waals surface area contributed by atoms with Gasteiger partial charge < -0.3 is 9.84 Å². The SMILES string of the molecule is CCCCOc1ccc(F)cc1.CO. The van der Waals surface area contributed by atoms with Gasteiger partial charge in [0.05, 0.1) is 6.61 Å². The molecule has 0 amide bonds. The molecule has 0 unspecified atom stereocenters. The second kappa shape index (κ2) is 8.51. The molecule has 80 valence electrons. The molecule has 2 nitrogen and oxygen atoms in total. The fraction of sp³-hybridized carbons (Fsp3) is 0.455. The van der Waals surface area contributed by atoms with Gasteiger partial charge in [0, 0.05) is 7.11 Å². The molecule has 0 aliphatic rings. The molecule has 1 rings (SSSR count). The minimum Gasteiger partial charge on any atom is -0.494 e. The smallest absolute Gasteiger partial charge is 0.123 e. The van der Waals surface area contributed by atoms with Crippen molar-refractivity contribution in [1.82, 2.24) is 0 Å². The van der Waals surface area contributed by atoms with Crippen LogP contribution in [-0.4, -0.2) is 18.8 Å². The van der Waals surface area contributed by atoms with E-state index in [1.54, 1.807) is 12.1 Å². The van der Waals surface area contributed by atoms with Gasteiger partial charge in [-0.15, -0.1) is 0 Å². The number of aliphatic hydroxyl groups excluding tert-OH is 1. The van der Waals surface area contributed by atoms with Crippen LogP contribution in [0.25, 0.3) is 0 Å². The first-order valence-electron chi connectivity index (χ1n) is 4.66. The highest BCUT2D eigenvalue weighted by molar-refractivity contribution is 5.21. The van der Waals surface area contributed by atoms with Crippen molar-refractivity contribution in [2.45, 2.75) is 19.8 Å². The average Bonchev–Trinajstić information content (AvgIpc) is 2.24. The van der Waals surface area contributed by atoms with Crippen LogP contribution in [0.4, 0.5) is 4.39 Å². The largest absolute Gasteiger partial charge is 0.494 e. The van der Waals surface area contributed by atoms with Crippen molar-refractivity contribution in [2.75, 3.05) is 13.7 Å². The first-order valence-corrected chi connectivity index (χ1v) is 4.66. The number of hydrogen-bond donors (Lipinski definition) is 1. The van der Waals surface area contributed by atoms with E-state index in [1.165, 1.54) is 12.1 Å². The second-order valence-electron chi connectivity index (χ2n) is 2.66. The summed E-state index contributed by atoms with van der Waals surface area (Å²) in [6.45, 7) is 2.82. The van der Waals surface area contributed by atoms with Gasteiger partial charge in [0.25, 0.3) is 0 Å². The Morgan fingerprint density at radius 2 is 1.79 bits per heavy atom. The van der Waals surface area contributed by atoms with Gasteiger partial charge in [-0.05, 0) is 30.7 Å². The molecule has 1 N–H and O–H groups in total. The van der Waals surface area contributed by atoms with Crippen molar-refractivity contribution in [3.8, 4) is 5.75 Å². The topological polar surface area (TPSA) is 29.5 Å². The summed E-state index contributed by atoms with van der Waals surface area (Å²) in [5, 5.41) is 7.00. The van der Waals surface area contributed by atoms with Gasteiger partial charge in [-0.1, -0.05) is 13.3 Å². The summed E-state index contributed by atoms with van der Waals surface area (Å²) in [7, 11) is 1.00. The quantitative estimate of drug-likeness (QED) is 0.757. The summed E-state index contributed by atoms with van der Waals surface area (Å²) in [5.41, 5.74) is 0. The Hall–Kier alpha value is -1.09. The average molecular weight is 200 g/mol. The Morgan fingerprint density at radius 3 is 2.29 bits per heavy atom. The highest BCUT2D eigenvalue weighted by Gasteiger charge is 1.92. The number of rotatable bonds is 4. The van der Waals surface area contributed by atoms with Crippen molar-refractivity contribution >= 4 is 0 Å². The third kappa shape index (κ3) is 5.54. The molecule has 0 radical (unpaired) electrons. The van der Waals surface area contributed by atoms with Crippen molar-refractivity contribution in [2.24, 2.45) is 0 Å². The lowest BCUT2D eigenvalue weighted by Gasteiger charge is -2.03. The molecule has 0 aliphatic heterocycles. The summed E-state index contributed by atoms with van der Waals surface area (Å²) in [5.74, 6) is 0.516.